The number of rotatable bonds is 4. The smallest absolute Gasteiger partial charge is 0.0406 e. The van der Waals surface area contributed by atoms with Crippen molar-refractivity contribution in [2.24, 2.45) is 0 Å². The quantitative estimate of drug-likeness (QED) is 0.830. The standard InChI is InChI=1S/C11H13Cl2N/c1-8(12)7-14-9(2)10-3-5-11(13)6-4-10/h3-6,9,14H,1,7H2,2H3/t9-/m1/s1. The van der Waals surface area contributed by atoms with E-state index in [0.29, 0.717) is 11.6 Å². The summed E-state index contributed by atoms with van der Waals surface area (Å²) in [6, 6.07) is 8.01. The van der Waals surface area contributed by atoms with Crippen LogP contribution in [0.1, 0.15) is 18.5 Å². The van der Waals surface area contributed by atoms with Crippen LogP contribution in [0.5, 0.6) is 0 Å². The lowest BCUT2D eigenvalue weighted by Crippen LogP contribution is -2.19. The zero-order chi connectivity index (χ0) is 10.6. The van der Waals surface area contributed by atoms with Gasteiger partial charge in [0.2, 0.25) is 0 Å². The van der Waals surface area contributed by atoms with Crippen LogP contribution in [-0.2, 0) is 0 Å². The Morgan fingerprint density at radius 1 is 1.43 bits per heavy atom. The Labute approximate surface area is 94.7 Å². The molecule has 1 aromatic rings. The van der Waals surface area contributed by atoms with Gasteiger partial charge in [-0.05, 0) is 24.6 Å². The molecule has 0 fully saturated rings. The molecule has 14 heavy (non-hydrogen) atoms. The van der Waals surface area contributed by atoms with E-state index in [2.05, 4.69) is 18.8 Å². The van der Waals surface area contributed by atoms with Crippen LogP contribution in [0.4, 0.5) is 0 Å². The summed E-state index contributed by atoms with van der Waals surface area (Å²) < 4.78 is 0. The molecule has 1 N–H and O–H groups in total. The van der Waals surface area contributed by atoms with Crippen LogP contribution in [-0.4, -0.2) is 6.54 Å². The van der Waals surface area contributed by atoms with Gasteiger partial charge in [0, 0.05) is 22.6 Å². The maximum Gasteiger partial charge on any atom is 0.0406 e. The summed E-state index contributed by atoms with van der Waals surface area (Å²) in [5.74, 6) is 0. The third kappa shape index (κ3) is 3.70. The molecule has 0 aliphatic carbocycles. The van der Waals surface area contributed by atoms with Gasteiger partial charge in [-0.2, -0.15) is 0 Å². The lowest BCUT2D eigenvalue weighted by atomic mass is 10.1. The van der Waals surface area contributed by atoms with Crippen molar-refractivity contribution < 1.29 is 0 Å². The molecule has 0 amide bonds. The molecular formula is C11H13Cl2N. The monoisotopic (exact) mass is 229 g/mol. The zero-order valence-electron chi connectivity index (χ0n) is 8.06. The highest BCUT2D eigenvalue weighted by Crippen LogP contribution is 2.16. The fourth-order valence-corrected chi connectivity index (χ4v) is 1.34. The van der Waals surface area contributed by atoms with Gasteiger partial charge in [0.25, 0.3) is 0 Å². The normalized spacial score (nSPS) is 12.5. The molecule has 0 aliphatic rings. The molecule has 0 saturated carbocycles. The molecule has 0 spiro atoms. The van der Waals surface area contributed by atoms with Gasteiger partial charge in [0.15, 0.2) is 0 Å². The molecule has 76 valence electrons. The van der Waals surface area contributed by atoms with Gasteiger partial charge in [-0.1, -0.05) is 41.9 Å². The summed E-state index contributed by atoms with van der Waals surface area (Å²) in [7, 11) is 0. The molecule has 1 atom stereocenters. The minimum Gasteiger partial charge on any atom is -0.305 e. The minimum atomic E-state index is 0.253. The third-order valence-corrected chi connectivity index (χ3v) is 2.36. The van der Waals surface area contributed by atoms with Crippen molar-refractivity contribution in [3.63, 3.8) is 0 Å². The summed E-state index contributed by atoms with van der Waals surface area (Å²) in [5, 5.41) is 4.61. The second kappa shape index (κ2) is 5.40. The van der Waals surface area contributed by atoms with Crippen molar-refractivity contribution in [2.75, 3.05) is 6.54 Å². The predicted octanol–water partition coefficient (Wildman–Crippen LogP) is 3.74. The Morgan fingerprint density at radius 2 is 2.00 bits per heavy atom. The van der Waals surface area contributed by atoms with Crippen LogP contribution in [0.2, 0.25) is 5.02 Å². The lowest BCUT2D eigenvalue weighted by molar-refractivity contribution is 0.614. The van der Waals surface area contributed by atoms with Gasteiger partial charge in [-0.25, -0.2) is 0 Å². The Balaban J connectivity index is 2.56. The summed E-state index contributed by atoms with van der Waals surface area (Å²) in [5.41, 5.74) is 1.19. The van der Waals surface area contributed by atoms with Crippen molar-refractivity contribution >= 4 is 23.2 Å². The van der Waals surface area contributed by atoms with Crippen LogP contribution in [0.3, 0.4) is 0 Å². The van der Waals surface area contributed by atoms with E-state index in [4.69, 9.17) is 23.2 Å². The zero-order valence-corrected chi connectivity index (χ0v) is 9.57. The average Bonchev–Trinajstić information content (AvgIpc) is 2.15. The topological polar surface area (TPSA) is 12.0 Å². The third-order valence-electron chi connectivity index (χ3n) is 1.97. The van der Waals surface area contributed by atoms with Crippen molar-refractivity contribution in [3.05, 3.63) is 46.5 Å². The van der Waals surface area contributed by atoms with E-state index in [1.807, 2.05) is 24.3 Å². The first-order valence-corrected chi connectivity index (χ1v) is 5.17. The largest absolute Gasteiger partial charge is 0.305 e. The maximum atomic E-state index is 5.79. The lowest BCUT2D eigenvalue weighted by Gasteiger charge is -2.13. The highest BCUT2D eigenvalue weighted by Gasteiger charge is 2.03. The number of nitrogens with one attached hydrogen (secondary N) is 1. The number of hydrogen-bond acceptors (Lipinski definition) is 1. The van der Waals surface area contributed by atoms with Crippen molar-refractivity contribution in [2.45, 2.75) is 13.0 Å². The Morgan fingerprint density at radius 3 is 2.50 bits per heavy atom. The van der Waals surface area contributed by atoms with E-state index in [9.17, 15) is 0 Å². The van der Waals surface area contributed by atoms with Crippen LogP contribution >= 0.6 is 23.2 Å². The van der Waals surface area contributed by atoms with Crippen LogP contribution in [0.25, 0.3) is 0 Å². The van der Waals surface area contributed by atoms with E-state index >= 15 is 0 Å². The second-order valence-corrected chi connectivity index (χ2v) is 4.14. The summed E-state index contributed by atoms with van der Waals surface area (Å²) >= 11 is 11.4. The van der Waals surface area contributed by atoms with Gasteiger partial charge in [0.05, 0.1) is 0 Å². The molecule has 3 heteroatoms. The SMILES string of the molecule is C=C(Cl)CN[C@H](C)c1ccc(Cl)cc1. The molecule has 0 heterocycles. The van der Waals surface area contributed by atoms with Crippen molar-refractivity contribution in [1.82, 2.24) is 5.32 Å². The van der Waals surface area contributed by atoms with Gasteiger partial charge in [-0.3, -0.25) is 0 Å². The summed E-state index contributed by atoms with van der Waals surface area (Å²) in [6.07, 6.45) is 0. The Kier molecular flexibility index (Phi) is 4.46. The minimum absolute atomic E-state index is 0.253. The van der Waals surface area contributed by atoms with Crippen LogP contribution in [0, 0.1) is 0 Å². The molecule has 1 aromatic carbocycles. The molecule has 0 saturated heterocycles. The van der Waals surface area contributed by atoms with Crippen LogP contribution in [0.15, 0.2) is 35.9 Å². The predicted molar refractivity (Wildman–Crippen MR) is 62.9 cm³/mol. The molecule has 0 aromatic heterocycles. The highest BCUT2D eigenvalue weighted by molar-refractivity contribution is 6.30. The number of halogens is 2. The first-order valence-electron chi connectivity index (χ1n) is 4.41. The molecule has 0 bridgehead atoms. The van der Waals surface area contributed by atoms with Gasteiger partial charge < -0.3 is 5.32 Å². The van der Waals surface area contributed by atoms with E-state index in [1.54, 1.807) is 0 Å². The van der Waals surface area contributed by atoms with Crippen molar-refractivity contribution in [3.8, 4) is 0 Å². The molecule has 0 unspecified atom stereocenters. The molecule has 0 aliphatic heterocycles. The highest BCUT2D eigenvalue weighted by atomic mass is 35.5. The first kappa shape index (κ1) is 11.6. The van der Waals surface area contributed by atoms with Gasteiger partial charge >= 0.3 is 0 Å². The number of hydrogen-bond donors (Lipinski definition) is 1. The maximum absolute atomic E-state index is 5.79. The van der Waals surface area contributed by atoms with Crippen LogP contribution < -0.4 is 5.32 Å². The van der Waals surface area contributed by atoms with E-state index in [1.165, 1.54) is 5.56 Å². The van der Waals surface area contributed by atoms with E-state index in [0.717, 1.165) is 5.02 Å². The average molecular weight is 230 g/mol. The van der Waals surface area contributed by atoms with Crippen molar-refractivity contribution in [1.29, 1.82) is 0 Å². The Hall–Kier alpha value is -0.500. The fourth-order valence-electron chi connectivity index (χ4n) is 1.13. The fraction of sp³-hybridized carbons (Fsp3) is 0.273. The van der Waals surface area contributed by atoms with Gasteiger partial charge in [0.1, 0.15) is 0 Å². The summed E-state index contributed by atoms with van der Waals surface area (Å²) in [4.78, 5) is 0. The molecule has 1 rings (SSSR count). The van der Waals surface area contributed by atoms with E-state index < -0.39 is 0 Å². The molecule has 0 radical (unpaired) electrons. The second-order valence-electron chi connectivity index (χ2n) is 3.17. The Bertz CT molecular complexity index is 306. The first-order chi connectivity index (χ1) is 6.59. The molecular weight excluding hydrogens is 217 g/mol. The molecule has 1 nitrogen and oxygen atoms in total. The van der Waals surface area contributed by atoms with Gasteiger partial charge in [-0.15, -0.1) is 0 Å². The number of benzene rings is 1. The van der Waals surface area contributed by atoms with E-state index in [-0.39, 0.29) is 6.04 Å². The summed E-state index contributed by atoms with van der Waals surface area (Å²) in [6.45, 7) is 6.31.